The van der Waals surface area contributed by atoms with Gasteiger partial charge in [-0.15, -0.1) is 0 Å². The molecule has 2 rings (SSSR count). The summed E-state index contributed by atoms with van der Waals surface area (Å²) in [7, 11) is 1.87. The van der Waals surface area contributed by atoms with Crippen molar-refractivity contribution in [3.63, 3.8) is 0 Å². The molecule has 1 heterocycles. The van der Waals surface area contributed by atoms with Crippen molar-refractivity contribution in [2.24, 2.45) is 11.8 Å². The van der Waals surface area contributed by atoms with Crippen LogP contribution in [-0.2, 0) is 4.79 Å². The van der Waals surface area contributed by atoms with Crippen LogP contribution in [0.3, 0.4) is 0 Å². The van der Waals surface area contributed by atoms with Crippen molar-refractivity contribution in [2.75, 3.05) is 38.1 Å². The lowest BCUT2D eigenvalue weighted by Crippen LogP contribution is -2.37. The largest absolute Gasteiger partial charge is 0.371 e. The lowest BCUT2D eigenvalue weighted by molar-refractivity contribution is -0.124. The van der Waals surface area contributed by atoms with Gasteiger partial charge in [-0.05, 0) is 44.0 Å². The van der Waals surface area contributed by atoms with Gasteiger partial charge in [0.25, 0.3) is 0 Å². The van der Waals surface area contributed by atoms with Crippen molar-refractivity contribution >= 4 is 23.2 Å². The molecule has 5 heteroatoms. The Morgan fingerprint density at radius 3 is 3.00 bits per heavy atom. The molecule has 1 aliphatic rings. The van der Waals surface area contributed by atoms with E-state index in [0.29, 0.717) is 12.5 Å². The topological polar surface area (TPSA) is 44.4 Å². The molecule has 4 nitrogen and oxygen atoms in total. The van der Waals surface area contributed by atoms with E-state index in [1.54, 1.807) is 0 Å². The van der Waals surface area contributed by atoms with Crippen LogP contribution in [0.25, 0.3) is 0 Å². The Morgan fingerprint density at radius 1 is 1.50 bits per heavy atom. The van der Waals surface area contributed by atoms with Gasteiger partial charge >= 0.3 is 0 Å². The first-order valence-corrected chi connectivity index (χ1v) is 8.32. The SMILES string of the molecule is CNCC(C)C(=O)NCC1CCN(c2cc(Cl)ccc2C)C1. The van der Waals surface area contributed by atoms with Crippen molar-refractivity contribution in [3.05, 3.63) is 28.8 Å². The number of aryl methyl sites for hydroxylation is 1. The van der Waals surface area contributed by atoms with Crippen LogP contribution in [-0.4, -0.2) is 39.1 Å². The quantitative estimate of drug-likeness (QED) is 0.845. The molecule has 0 bridgehead atoms. The minimum Gasteiger partial charge on any atom is -0.371 e. The third kappa shape index (κ3) is 4.37. The summed E-state index contributed by atoms with van der Waals surface area (Å²) in [5, 5.41) is 6.89. The maximum atomic E-state index is 12.0. The predicted octanol–water partition coefficient (Wildman–Crippen LogP) is 2.45. The number of benzene rings is 1. The molecule has 2 atom stereocenters. The van der Waals surface area contributed by atoms with Crippen molar-refractivity contribution in [2.45, 2.75) is 20.3 Å². The first-order chi connectivity index (χ1) is 10.5. The average molecular weight is 324 g/mol. The zero-order valence-corrected chi connectivity index (χ0v) is 14.4. The van der Waals surface area contributed by atoms with Crippen LogP contribution in [0.15, 0.2) is 18.2 Å². The second-order valence-electron chi connectivity index (χ2n) is 6.24. The van der Waals surface area contributed by atoms with Gasteiger partial charge in [-0.2, -0.15) is 0 Å². The van der Waals surface area contributed by atoms with Crippen LogP contribution in [0.5, 0.6) is 0 Å². The van der Waals surface area contributed by atoms with E-state index in [1.165, 1.54) is 11.3 Å². The van der Waals surface area contributed by atoms with E-state index >= 15 is 0 Å². The van der Waals surface area contributed by atoms with E-state index in [-0.39, 0.29) is 11.8 Å². The van der Waals surface area contributed by atoms with Gasteiger partial charge in [0.15, 0.2) is 0 Å². The summed E-state index contributed by atoms with van der Waals surface area (Å²) < 4.78 is 0. The molecule has 1 fully saturated rings. The Morgan fingerprint density at radius 2 is 2.27 bits per heavy atom. The molecule has 2 unspecified atom stereocenters. The number of anilines is 1. The minimum absolute atomic E-state index is 0.0117. The highest BCUT2D eigenvalue weighted by Gasteiger charge is 2.24. The average Bonchev–Trinajstić information content (AvgIpc) is 2.96. The van der Waals surface area contributed by atoms with E-state index < -0.39 is 0 Å². The Hall–Kier alpha value is -1.26. The summed E-state index contributed by atoms with van der Waals surface area (Å²) in [5.41, 5.74) is 2.46. The van der Waals surface area contributed by atoms with Crippen LogP contribution in [0.2, 0.25) is 5.02 Å². The Kier molecular flexibility index (Phi) is 6.09. The van der Waals surface area contributed by atoms with E-state index in [0.717, 1.165) is 31.1 Å². The lowest BCUT2D eigenvalue weighted by Gasteiger charge is -2.21. The Bertz CT molecular complexity index is 521. The molecule has 1 amide bonds. The number of hydrogen-bond acceptors (Lipinski definition) is 3. The molecule has 22 heavy (non-hydrogen) atoms. The summed E-state index contributed by atoms with van der Waals surface area (Å²) in [6.45, 7) is 7.52. The van der Waals surface area contributed by atoms with Gasteiger partial charge < -0.3 is 15.5 Å². The molecule has 1 aliphatic heterocycles. The van der Waals surface area contributed by atoms with Crippen LogP contribution in [0, 0.1) is 18.8 Å². The molecule has 0 aliphatic carbocycles. The number of hydrogen-bond donors (Lipinski definition) is 2. The zero-order chi connectivity index (χ0) is 16.1. The van der Waals surface area contributed by atoms with Gasteiger partial charge in [-0.3, -0.25) is 4.79 Å². The highest BCUT2D eigenvalue weighted by atomic mass is 35.5. The van der Waals surface area contributed by atoms with Gasteiger partial charge in [0.1, 0.15) is 0 Å². The van der Waals surface area contributed by atoms with Gasteiger partial charge in [0, 0.05) is 42.8 Å². The van der Waals surface area contributed by atoms with Crippen LogP contribution in [0.4, 0.5) is 5.69 Å². The lowest BCUT2D eigenvalue weighted by atomic mass is 10.1. The fourth-order valence-electron chi connectivity index (χ4n) is 2.96. The number of rotatable bonds is 6. The summed E-state index contributed by atoms with van der Waals surface area (Å²) >= 11 is 6.11. The Balaban J connectivity index is 1.85. The molecular weight excluding hydrogens is 298 g/mol. The summed E-state index contributed by atoms with van der Waals surface area (Å²) in [6.07, 6.45) is 1.10. The highest BCUT2D eigenvalue weighted by molar-refractivity contribution is 6.30. The van der Waals surface area contributed by atoms with Gasteiger partial charge in [0.2, 0.25) is 5.91 Å². The number of nitrogens with zero attached hydrogens (tertiary/aromatic N) is 1. The molecule has 0 spiro atoms. The number of nitrogens with one attached hydrogen (secondary N) is 2. The van der Waals surface area contributed by atoms with E-state index in [9.17, 15) is 4.79 Å². The van der Waals surface area contributed by atoms with Crippen LogP contribution >= 0.6 is 11.6 Å². The number of carbonyl (C=O) groups is 1. The monoisotopic (exact) mass is 323 g/mol. The smallest absolute Gasteiger partial charge is 0.224 e. The van der Waals surface area contributed by atoms with Crippen LogP contribution < -0.4 is 15.5 Å². The maximum absolute atomic E-state index is 12.0. The molecular formula is C17H26ClN3O. The molecule has 0 radical (unpaired) electrons. The third-order valence-corrected chi connectivity index (χ3v) is 4.56. The predicted molar refractivity (Wildman–Crippen MR) is 92.6 cm³/mol. The first kappa shape index (κ1) is 17.1. The number of amides is 1. The normalized spacial score (nSPS) is 19.3. The molecule has 1 saturated heterocycles. The second-order valence-corrected chi connectivity index (χ2v) is 6.67. The maximum Gasteiger partial charge on any atom is 0.224 e. The van der Waals surface area contributed by atoms with E-state index in [2.05, 4.69) is 28.5 Å². The van der Waals surface area contributed by atoms with E-state index in [1.807, 2.05) is 26.1 Å². The van der Waals surface area contributed by atoms with Crippen molar-refractivity contribution in [3.8, 4) is 0 Å². The van der Waals surface area contributed by atoms with Crippen LogP contribution in [0.1, 0.15) is 18.9 Å². The van der Waals surface area contributed by atoms with E-state index in [4.69, 9.17) is 11.6 Å². The minimum atomic E-state index is 0.0117. The fraction of sp³-hybridized carbons (Fsp3) is 0.588. The van der Waals surface area contributed by atoms with Crippen molar-refractivity contribution in [1.82, 2.24) is 10.6 Å². The Labute approximate surface area is 138 Å². The number of carbonyl (C=O) groups excluding carboxylic acids is 1. The zero-order valence-electron chi connectivity index (χ0n) is 13.7. The van der Waals surface area contributed by atoms with Gasteiger partial charge in [-0.1, -0.05) is 24.6 Å². The van der Waals surface area contributed by atoms with Crippen molar-refractivity contribution in [1.29, 1.82) is 0 Å². The molecule has 1 aromatic carbocycles. The van der Waals surface area contributed by atoms with Gasteiger partial charge in [-0.25, -0.2) is 0 Å². The molecule has 2 N–H and O–H groups in total. The number of halogens is 1. The standard InChI is InChI=1S/C17H26ClN3O/c1-12-4-5-15(18)8-16(12)21-7-6-14(11-21)10-20-17(22)13(2)9-19-3/h4-5,8,13-14,19H,6-7,9-11H2,1-3H3,(H,20,22). The molecule has 0 saturated carbocycles. The third-order valence-electron chi connectivity index (χ3n) is 4.32. The molecule has 1 aromatic rings. The second kappa shape index (κ2) is 7.84. The highest BCUT2D eigenvalue weighted by Crippen LogP contribution is 2.29. The van der Waals surface area contributed by atoms with Crippen molar-refractivity contribution < 1.29 is 4.79 Å². The summed E-state index contributed by atoms with van der Waals surface area (Å²) in [5.74, 6) is 0.647. The summed E-state index contributed by atoms with van der Waals surface area (Å²) in [6, 6.07) is 6.02. The summed E-state index contributed by atoms with van der Waals surface area (Å²) in [4.78, 5) is 14.3. The fourth-order valence-corrected chi connectivity index (χ4v) is 3.13. The van der Waals surface area contributed by atoms with Gasteiger partial charge in [0.05, 0.1) is 0 Å². The first-order valence-electron chi connectivity index (χ1n) is 7.94. The molecule has 122 valence electrons. The molecule has 0 aromatic heterocycles.